The van der Waals surface area contributed by atoms with Crippen molar-refractivity contribution < 1.29 is 13.2 Å². The number of methoxy groups -OCH3 is 1. The molecule has 0 atom stereocenters. The standard InChI is InChI=1S/C14H15BrN2O3S/c1-20-12-5-6-13(15)14(10-12)17-21(18,19)9-7-11-4-2-3-8-16-11/h2-6,8,10,17H,7,9H2,1H3. The Kier molecular flexibility index (Phi) is 5.19. The fraction of sp³-hybridized carbons (Fsp3) is 0.214. The van der Waals surface area contributed by atoms with Gasteiger partial charge in [0, 0.05) is 28.9 Å². The van der Waals surface area contributed by atoms with E-state index >= 15 is 0 Å². The van der Waals surface area contributed by atoms with Crippen LogP contribution >= 0.6 is 15.9 Å². The van der Waals surface area contributed by atoms with Gasteiger partial charge in [0.1, 0.15) is 5.75 Å². The van der Waals surface area contributed by atoms with Crippen LogP contribution in [-0.2, 0) is 16.4 Å². The fourth-order valence-corrected chi connectivity index (χ4v) is 3.27. The van der Waals surface area contributed by atoms with Crippen LogP contribution in [0.25, 0.3) is 0 Å². The van der Waals surface area contributed by atoms with Gasteiger partial charge >= 0.3 is 0 Å². The van der Waals surface area contributed by atoms with Gasteiger partial charge in [0.25, 0.3) is 0 Å². The van der Waals surface area contributed by atoms with Crippen LogP contribution in [0.1, 0.15) is 5.69 Å². The maximum absolute atomic E-state index is 12.1. The van der Waals surface area contributed by atoms with Crippen LogP contribution in [0.3, 0.4) is 0 Å². The molecule has 21 heavy (non-hydrogen) atoms. The lowest BCUT2D eigenvalue weighted by Gasteiger charge is -2.11. The first kappa shape index (κ1) is 15.8. The molecular weight excluding hydrogens is 356 g/mol. The quantitative estimate of drug-likeness (QED) is 0.848. The molecule has 0 unspecified atom stereocenters. The van der Waals surface area contributed by atoms with Crippen molar-refractivity contribution in [3.05, 3.63) is 52.8 Å². The summed E-state index contributed by atoms with van der Waals surface area (Å²) in [6.45, 7) is 0. The Bertz CT molecular complexity index is 705. The summed E-state index contributed by atoms with van der Waals surface area (Å²) in [5, 5.41) is 0. The first-order valence-corrected chi connectivity index (χ1v) is 8.68. The van der Waals surface area contributed by atoms with Crippen molar-refractivity contribution in [2.24, 2.45) is 0 Å². The number of nitrogens with zero attached hydrogens (tertiary/aromatic N) is 1. The van der Waals surface area contributed by atoms with Crippen molar-refractivity contribution in [3.8, 4) is 5.75 Å². The molecule has 0 amide bonds. The van der Waals surface area contributed by atoms with E-state index in [0.717, 1.165) is 5.69 Å². The zero-order valence-corrected chi connectivity index (χ0v) is 13.8. The minimum absolute atomic E-state index is 0.0341. The molecule has 0 saturated carbocycles. The topological polar surface area (TPSA) is 68.3 Å². The average molecular weight is 371 g/mol. The summed E-state index contributed by atoms with van der Waals surface area (Å²) in [4.78, 5) is 4.11. The lowest BCUT2D eigenvalue weighted by Crippen LogP contribution is -2.18. The van der Waals surface area contributed by atoms with Gasteiger partial charge in [-0.05, 0) is 40.2 Å². The predicted octanol–water partition coefficient (Wildman–Crippen LogP) is 2.84. The van der Waals surface area contributed by atoms with Crippen LogP contribution in [0.5, 0.6) is 5.75 Å². The number of nitrogens with one attached hydrogen (secondary N) is 1. The van der Waals surface area contributed by atoms with Crippen LogP contribution in [-0.4, -0.2) is 26.3 Å². The van der Waals surface area contributed by atoms with Crippen molar-refractivity contribution in [1.82, 2.24) is 4.98 Å². The van der Waals surface area contributed by atoms with Crippen LogP contribution in [0.2, 0.25) is 0 Å². The lowest BCUT2D eigenvalue weighted by molar-refractivity contribution is 0.415. The molecule has 1 heterocycles. The van der Waals surface area contributed by atoms with E-state index < -0.39 is 10.0 Å². The number of benzene rings is 1. The largest absolute Gasteiger partial charge is 0.497 e. The van der Waals surface area contributed by atoms with Gasteiger partial charge in [0.2, 0.25) is 10.0 Å². The number of anilines is 1. The van der Waals surface area contributed by atoms with E-state index in [1.54, 1.807) is 36.5 Å². The summed E-state index contributed by atoms with van der Waals surface area (Å²) in [5.41, 5.74) is 1.20. The molecular formula is C14H15BrN2O3S. The minimum atomic E-state index is -3.46. The normalized spacial score (nSPS) is 11.1. The minimum Gasteiger partial charge on any atom is -0.497 e. The molecule has 2 rings (SSSR count). The third-order valence-corrected chi connectivity index (χ3v) is 4.76. The van der Waals surface area contributed by atoms with Gasteiger partial charge in [0.15, 0.2) is 0 Å². The van der Waals surface area contributed by atoms with Crippen molar-refractivity contribution in [2.75, 3.05) is 17.6 Å². The highest BCUT2D eigenvalue weighted by Crippen LogP contribution is 2.28. The second-order valence-corrected chi connectivity index (χ2v) is 7.03. The number of sulfonamides is 1. The van der Waals surface area contributed by atoms with Gasteiger partial charge in [-0.15, -0.1) is 0 Å². The van der Waals surface area contributed by atoms with Crippen LogP contribution in [0.15, 0.2) is 47.1 Å². The Balaban J connectivity index is 2.07. The fourth-order valence-electron chi connectivity index (χ4n) is 1.71. The molecule has 7 heteroatoms. The van der Waals surface area contributed by atoms with E-state index in [4.69, 9.17) is 4.74 Å². The van der Waals surface area contributed by atoms with E-state index in [2.05, 4.69) is 25.6 Å². The second-order valence-electron chi connectivity index (χ2n) is 4.34. The molecule has 0 aliphatic carbocycles. The molecule has 0 radical (unpaired) electrons. The van der Waals surface area contributed by atoms with E-state index in [1.807, 2.05) is 6.07 Å². The highest BCUT2D eigenvalue weighted by Gasteiger charge is 2.13. The zero-order valence-electron chi connectivity index (χ0n) is 11.4. The Morgan fingerprint density at radius 1 is 1.29 bits per heavy atom. The molecule has 1 aromatic heterocycles. The average Bonchev–Trinajstić information content (AvgIpc) is 2.48. The van der Waals surface area contributed by atoms with Crippen LogP contribution in [0, 0.1) is 0 Å². The maximum atomic E-state index is 12.1. The Morgan fingerprint density at radius 3 is 2.76 bits per heavy atom. The van der Waals surface area contributed by atoms with Gasteiger partial charge in [-0.25, -0.2) is 8.42 Å². The molecule has 0 aliphatic heterocycles. The third kappa shape index (κ3) is 4.71. The zero-order chi connectivity index (χ0) is 15.3. The second kappa shape index (κ2) is 6.91. The van der Waals surface area contributed by atoms with Crippen molar-refractivity contribution in [2.45, 2.75) is 6.42 Å². The van der Waals surface area contributed by atoms with E-state index in [-0.39, 0.29) is 5.75 Å². The molecule has 1 aromatic carbocycles. The van der Waals surface area contributed by atoms with Crippen molar-refractivity contribution >= 4 is 31.6 Å². The summed E-state index contributed by atoms with van der Waals surface area (Å²) in [6, 6.07) is 10.5. The highest BCUT2D eigenvalue weighted by molar-refractivity contribution is 9.10. The molecule has 2 aromatic rings. The molecule has 0 aliphatic rings. The van der Waals surface area contributed by atoms with Crippen LogP contribution < -0.4 is 9.46 Å². The summed E-state index contributed by atoms with van der Waals surface area (Å²) in [5.74, 6) is 0.550. The highest BCUT2D eigenvalue weighted by atomic mass is 79.9. The van der Waals surface area contributed by atoms with Gasteiger partial charge in [-0.2, -0.15) is 0 Å². The van der Waals surface area contributed by atoms with Gasteiger partial charge < -0.3 is 4.74 Å². The van der Waals surface area contributed by atoms with Crippen molar-refractivity contribution in [1.29, 1.82) is 0 Å². The summed E-state index contributed by atoms with van der Waals surface area (Å²) >= 11 is 3.31. The molecule has 0 fully saturated rings. The Labute approximate surface area is 132 Å². The smallest absolute Gasteiger partial charge is 0.233 e. The number of halogens is 1. The number of pyridine rings is 1. The number of ether oxygens (including phenoxy) is 1. The van der Waals surface area contributed by atoms with E-state index in [0.29, 0.717) is 22.3 Å². The molecule has 0 spiro atoms. The predicted molar refractivity (Wildman–Crippen MR) is 86.0 cm³/mol. The monoisotopic (exact) mass is 370 g/mol. The number of hydrogen-bond donors (Lipinski definition) is 1. The van der Waals surface area contributed by atoms with Gasteiger partial charge in [-0.3, -0.25) is 9.71 Å². The van der Waals surface area contributed by atoms with Crippen LogP contribution in [0.4, 0.5) is 5.69 Å². The molecule has 112 valence electrons. The third-order valence-electron chi connectivity index (χ3n) is 2.79. The number of aromatic nitrogens is 1. The maximum Gasteiger partial charge on any atom is 0.233 e. The first-order chi connectivity index (χ1) is 10.00. The summed E-state index contributed by atoms with van der Waals surface area (Å²) in [7, 11) is -1.93. The number of hydrogen-bond acceptors (Lipinski definition) is 4. The molecule has 5 nitrogen and oxygen atoms in total. The molecule has 0 saturated heterocycles. The molecule has 1 N–H and O–H groups in total. The molecule has 0 bridgehead atoms. The SMILES string of the molecule is COc1ccc(Br)c(NS(=O)(=O)CCc2ccccn2)c1. The van der Waals surface area contributed by atoms with Crippen molar-refractivity contribution in [3.63, 3.8) is 0 Å². The summed E-state index contributed by atoms with van der Waals surface area (Å²) < 4.78 is 32.5. The lowest BCUT2D eigenvalue weighted by atomic mass is 10.3. The first-order valence-electron chi connectivity index (χ1n) is 6.24. The Morgan fingerprint density at radius 2 is 2.10 bits per heavy atom. The number of rotatable bonds is 6. The van der Waals surface area contributed by atoms with Gasteiger partial charge in [0.05, 0.1) is 18.6 Å². The number of aryl methyl sites for hydroxylation is 1. The van der Waals surface area contributed by atoms with E-state index in [9.17, 15) is 8.42 Å². The summed E-state index contributed by atoms with van der Waals surface area (Å²) in [6.07, 6.45) is 2.01. The van der Waals surface area contributed by atoms with Gasteiger partial charge in [-0.1, -0.05) is 6.07 Å². The van der Waals surface area contributed by atoms with E-state index in [1.165, 1.54) is 7.11 Å². The Hall–Kier alpha value is -1.60.